The summed E-state index contributed by atoms with van der Waals surface area (Å²) in [7, 11) is 0. The Morgan fingerprint density at radius 1 is 1.36 bits per heavy atom. The summed E-state index contributed by atoms with van der Waals surface area (Å²) in [4.78, 5) is 0. The lowest BCUT2D eigenvalue weighted by Gasteiger charge is -1.99. The Bertz CT molecular complexity index is 241. The van der Waals surface area contributed by atoms with Gasteiger partial charge in [-0.15, -0.1) is 0 Å². The molecule has 0 saturated heterocycles. The van der Waals surface area contributed by atoms with Gasteiger partial charge in [-0.3, -0.25) is 0 Å². The van der Waals surface area contributed by atoms with Crippen molar-refractivity contribution in [2.24, 2.45) is 0 Å². The van der Waals surface area contributed by atoms with Crippen LogP contribution in [0.3, 0.4) is 0 Å². The third-order valence-electron chi connectivity index (χ3n) is 1.98. The van der Waals surface area contributed by atoms with Gasteiger partial charge in [-0.1, -0.05) is 6.92 Å². The molecule has 0 bridgehead atoms. The van der Waals surface area contributed by atoms with Crippen LogP contribution in [-0.4, -0.2) is 0 Å². The molecule has 1 aromatic rings. The maximum atomic E-state index is 2.28. The predicted octanol–water partition coefficient (Wildman–Crippen LogP) is 1.86. The molecular formula is C10H16N+. The molecule has 1 nitrogen and oxygen atoms in total. The average Bonchev–Trinajstić information content (AvgIpc) is 2.04. The zero-order valence-electron chi connectivity index (χ0n) is 7.59. The summed E-state index contributed by atoms with van der Waals surface area (Å²) in [6.07, 6.45) is 3.28. The van der Waals surface area contributed by atoms with Crippen LogP contribution in [0, 0.1) is 6.92 Å². The number of hydrogen-bond donors (Lipinski definition) is 0. The van der Waals surface area contributed by atoms with E-state index < -0.39 is 0 Å². The average molecular weight is 150 g/mol. The number of nitrogens with zero attached hydrogens (tertiary/aromatic N) is 1. The minimum atomic E-state index is 1.07. The molecule has 0 aliphatic heterocycles. The van der Waals surface area contributed by atoms with E-state index in [1.165, 1.54) is 11.3 Å². The van der Waals surface area contributed by atoms with Crippen molar-refractivity contribution in [2.75, 3.05) is 0 Å². The van der Waals surface area contributed by atoms with Gasteiger partial charge in [-0.25, -0.2) is 4.57 Å². The number of aryl methyl sites for hydroxylation is 3. The zero-order valence-corrected chi connectivity index (χ0v) is 7.59. The minimum Gasteiger partial charge on any atom is -0.203 e. The van der Waals surface area contributed by atoms with Crippen LogP contribution >= 0.6 is 0 Å². The lowest BCUT2D eigenvalue weighted by atomic mass is 10.2. The SMILES string of the molecule is CCc1cc(C)cc[n+]1CC. The van der Waals surface area contributed by atoms with Crippen LogP contribution in [0.25, 0.3) is 0 Å². The third kappa shape index (κ3) is 1.79. The molecule has 0 radical (unpaired) electrons. The van der Waals surface area contributed by atoms with Gasteiger partial charge < -0.3 is 0 Å². The molecule has 1 heteroatoms. The summed E-state index contributed by atoms with van der Waals surface area (Å²) in [5.74, 6) is 0. The number of rotatable bonds is 2. The Balaban J connectivity index is 3.06. The van der Waals surface area contributed by atoms with Crippen LogP contribution in [0.15, 0.2) is 18.3 Å². The van der Waals surface area contributed by atoms with Crippen molar-refractivity contribution in [3.8, 4) is 0 Å². The first-order chi connectivity index (χ1) is 5.27. The number of hydrogen-bond acceptors (Lipinski definition) is 0. The quantitative estimate of drug-likeness (QED) is 0.567. The molecule has 0 aliphatic rings. The van der Waals surface area contributed by atoms with Crippen LogP contribution in [0.5, 0.6) is 0 Å². The maximum Gasteiger partial charge on any atom is 0.181 e. The van der Waals surface area contributed by atoms with Crippen molar-refractivity contribution in [1.82, 2.24) is 0 Å². The van der Waals surface area contributed by atoms with Gasteiger partial charge in [0.25, 0.3) is 0 Å². The van der Waals surface area contributed by atoms with Crippen molar-refractivity contribution < 1.29 is 4.57 Å². The molecule has 0 saturated carbocycles. The summed E-state index contributed by atoms with van der Waals surface area (Å²) < 4.78 is 2.28. The van der Waals surface area contributed by atoms with Gasteiger partial charge >= 0.3 is 0 Å². The smallest absolute Gasteiger partial charge is 0.181 e. The molecule has 0 amide bonds. The fraction of sp³-hybridized carbons (Fsp3) is 0.500. The second kappa shape index (κ2) is 3.51. The first kappa shape index (κ1) is 8.25. The summed E-state index contributed by atoms with van der Waals surface area (Å²) in [6.45, 7) is 7.58. The van der Waals surface area contributed by atoms with Crippen molar-refractivity contribution in [3.63, 3.8) is 0 Å². The lowest BCUT2D eigenvalue weighted by Crippen LogP contribution is -2.36. The largest absolute Gasteiger partial charge is 0.203 e. The molecule has 0 aromatic carbocycles. The number of aromatic nitrogens is 1. The summed E-state index contributed by atoms with van der Waals surface area (Å²) in [5, 5.41) is 0. The second-order valence-corrected chi connectivity index (χ2v) is 2.83. The topological polar surface area (TPSA) is 3.88 Å². The van der Waals surface area contributed by atoms with E-state index in [4.69, 9.17) is 0 Å². The molecule has 60 valence electrons. The molecule has 0 unspecified atom stereocenters. The third-order valence-corrected chi connectivity index (χ3v) is 1.98. The normalized spacial score (nSPS) is 10.1. The van der Waals surface area contributed by atoms with Gasteiger partial charge in [-0.2, -0.15) is 0 Å². The first-order valence-corrected chi connectivity index (χ1v) is 4.27. The zero-order chi connectivity index (χ0) is 8.27. The summed E-state index contributed by atoms with van der Waals surface area (Å²) in [5.41, 5.74) is 2.78. The van der Waals surface area contributed by atoms with E-state index in [9.17, 15) is 0 Å². The molecule has 1 aromatic heterocycles. The highest BCUT2D eigenvalue weighted by molar-refractivity contribution is 5.09. The Hall–Kier alpha value is -0.850. The Morgan fingerprint density at radius 2 is 2.09 bits per heavy atom. The highest BCUT2D eigenvalue weighted by atomic mass is 14.9. The van der Waals surface area contributed by atoms with Crippen LogP contribution in [0.1, 0.15) is 25.1 Å². The van der Waals surface area contributed by atoms with Gasteiger partial charge in [-0.05, 0) is 19.4 Å². The van der Waals surface area contributed by atoms with Crippen LogP contribution in [0.2, 0.25) is 0 Å². The molecule has 11 heavy (non-hydrogen) atoms. The lowest BCUT2D eigenvalue weighted by molar-refractivity contribution is -0.700. The Kier molecular flexibility index (Phi) is 2.64. The minimum absolute atomic E-state index is 1.07. The van der Waals surface area contributed by atoms with E-state index >= 15 is 0 Å². The van der Waals surface area contributed by atoms with E-state index in [2.05, 4.69) is 43.7 Å². The Morgan fingerprint density at radius 3 is 2.64 bits per heavy atom. The maximum absolute atomic E-state index is 2.28. The monoisotopic (exact) mass is 150 g/mol. The van der Waals surface area contributed by atoms with E-state index in [0.717, 1.165) is 13.0 Å². The van der Waals surface area contributed by atoms with Gasteiger partial charge in [0, 0.05) is 18.6 Å². The van der Waals surface area contributed by atoms with Gasteiger partial charge in [0.15, 0.2) is 11.9 Å². The first-order valence-electron chi connectivity index (χ1n) is 4.27. The molecule has 0 spiro atoms. The number of pyridine rings is 1. The van der Waals surface area contributed by atoms with Crippen LogP contribution < -0.4 is 4.57 Å². The van der Waals surface area contributed by atoms with Crippen molar-refractivity contribution in [3.05, 3.63) is 29.6 Å². The molecule has 0 N–H and O–H groups in total. The summed E-state index contributed by atoms with van der Waals surface area (Å²) in [6, 6.07) is 4.41. The molecule has 0 aliphatic carbocycles. The fourth-order valence-electron chi connectivity index (χ4n) is 1.31. The molecule has 0 fully saturated rings. The molecule has 1 heterocycles. The standard InChI is InChI=1S/C10H16N/c1-4-10-8-9(3)6-7-11(10)5-2/h6-8H,4-5H2,1-3H3/q+1. The molecule has 0 atom stereocenters. The fourth-order valence-corrected chi connectivity index (χ4v) is 1.31. The van der Waals surface area contributed by atoms with E-state index in [0.29, 0.717) is 0 Å². The van der Waals surface area contributed by atoms with Crippen LogP contribution in [-0.2, 0) is 13.0 Å². The Labute approximate surface area is 68.7 Å². The highest BCUT2D eigenvalue weighted by Crippen LogP contribution is 1.98. The second-order valence-electron chi connectivity index (χ2n) is 2.83. The van der Waals surface area contributed by atoms with Crippen molar-refractivity contribution in [2.45, 2.75) is 33.7 Å². The van der Waals surface area contributed by atoms with Crippen molar-refractivity contribution >= 4 is 0 Å². The molecule has 1 rings (SSSR count). The van der Waals surface area contributed by atoms with Gasteiger partial charge in [0.05, 0.1) is 0 Å². The van der Waals surface area contributed by atoms with Crippen LogP contribution in [0.4, 0.5) is 0 Å². The van der Waals surface area contributed by atoms with E-state index in [-0.39, 0.29) is 0 Å². The van der Waals surface area contributed by atoms with Gasteiger partial charge in [0.1, 0.15) is 6.54 Å². The summed E-state index contributed by atoms with van der Waals surface area (Å²) >= 11 is 0. The van der Waals surface area contributed by atoms with E-state index in [1.54, 1.807) is 0 Å². The highest BCUT2D eigenvalue weighted by Gasteiger charge is 2.04. The van der Waals surface area contributed by atoms with Crippen molar-refractivity contribution in [1.29, 1.82) is 0 Å². The van der Waals surface area contributed by atoms with E-state index in [1.807, 2.05) is 0 Å². The predicted molar refractivity (Wildman–Crippen MR) is 46.4 cm³/mol. The molecular weight excluding hydrogens is 134 g/mol. The van der Waals surface area contributed by atoms with Gasteiger partial charge in [0.2, 0.25) is 0 Å².